The molecule has 1 N–H and O–H groups in total. The quantitative estimate of drug-likeness (QED) is 0.284. The van der Waals surface area contributed by atoms with Gasteiger partial charge in [-0.3, -0.25) is 4.79 Å². The Balaban J connectivity index is 1.88. The Morgan fingerprint density at radius 2 is 2.03 bits per heavy atom. The van der Waals surface area contributed by atoms with Crippen molar-refractivity contribution in [3.8, 4) is 11.8 Å². The standard InChI is InChI=1S/C22H20ClN5O2/c1-14-20(10-16-4-6-17(7-5-16)22(26-25-3)30-13-29)15(2)28(27-14)19-9-8-18(12-24)21(23)11-19/h4-9,11,13,25H,10H2,1-3H3/b26-22-. The largest absolute Gasteiger partial charge is 0.407 e. The minimum atomic E-state index is 0.205. The van der Waals surface area contributed by atoms with Crippen LogP contribution in [-0.2, 0) is 16.0 Å². The van der Waals surface area contributed by atoms with Crippen LogP contribution >= 0.6 is 11.6 Å². The fourth-order valence-electron chi connectivity index (χ4n) is 3.18. The van der Waals surface area contributed by atoms with E-state index in [-0.39, 0.29) is 5.90 Å². The van der Waals surface area contributed by atoms with E-state index < -0.39 is 0 Å². The van der Waals surface area contributed by atoms with Crippen LogP contribution in [0.2, 0.25) is 5.02 Å². The number of halogens is 1. The number of rotatable bonds is 6. The van der Waals surface area contributed by atoms with Crippen molar-refractivity contribution in [3.63, 3.8) is 0 Å². The average molecular weight is 422 g/mol. The van der Waals surface area contributed by atoms with Gasteiger partial charge in [0.05, 0.1) is 22.0 Å². The molecule has 0 saturated carbocycles. The van der Waals surface area contributed by atoms with Crippen molar-refractivity contribution < 1.29 is 9.53 Å². The van der Waals surface area contributed by atoms with Gasteiger partial charge in [-0.1, -0.05) is 23.7 Å². The zero-order valence-electron chi connectivity index (χ0n) is 16.8. The molecule has 0 aliphatic carbocycles. The first-order valence-corrected chi connectivity index (χ1v) is 9.55. The molecule has 0 amide bonds. The molecule has 0 radical (unpaired) electrons. The first kappa shape index (κ1) is 21.1. The molecule has 0 spiro atoms. The van der Waals surface area contributed by atoms with Crippen molar-refractivity contribution in [2.45, 2.75) is 20.3 Å². The minimum absolute atomic E-state index is 0.205. The first-order valence-electron chi connectivity index (χ1n) is 9.17. The average Bonchev–Trinajstić information content (AvgIpc) is 3.02. The number of hydrogen-bond donors (Lipinski definition) is 1. The van der Waals surface area contributed by atoms with Crippen LogP contribution in [0, 0.1) is 25.2 Å². The predicted octanol–water partition coefficient (Wildman–Crippen LogP) is 3.66. The monoisotopic (exact) mass is 421 g/mol. The fraction of sp³-hybridized carbons (Fsp3) is 0.182. The van der Waals surface area contributed by atoms with Gasteiger partial charge in [0.25, 0.3) is 6.47 Å². The number of carbonyl (C=O) groups excluding carboxylic acids is 1. The van der Waals surface area contributed by atoms with Crippen LogP contribution in [0.15, 0.2) is 47.6 Å². The Morgan fingerprint density at radius 1 is 1.30 bits per heavy atom. The highest BCUT2D eigenvalue weighted by Gasteiger charge is 2.15. The van der Waals surface area contributed by atoms with Crippen LogP contribution in [0.1, 0.15) is 33.6 Å². The molecule has 0 atom stereocenters. The summed E-state index contributed by atoms with van der Waals surface area (Å²) in [6.07, 6.45) is 0.689. The number of aryl methyl sites for hydroxylation is 1. The van der Waals surface area contributed by atoms with Crippen molar-refractivity contribution in [1.82, 2.24) is 15.2 Å². The van der Waals surface area contributed by atoms with E-state index >= 15 is 0 Å². The Bertz CT molecular complexity index is 1140. The molecule has 30 heavy (non-hydrogen) atoms. The molecule has 0 unspecified atom stereocenters. The van der Waals surface area contributed by atoms with Crippen LogP contribution in [0.4, 0.5) is 0 Å². The third-order valence-corrected chi connectivity index (χ3v) is 5.03. The minimum Gasteiger partial charge on any atom is -0.407 e. The summed E-state index contributed by atoms with van der Waals surface area (Å²) in [4.78, 5) is 10.7. The van der Waals surface area contributed by atoms with Gasteiger partial charge >= 0.3 is 0 Å². The zero-order chi connectivity index (χ0) is 21.7. The van der Waals surface area contributed by atoms with Crippen molar-refractivity contribution >= 4 is 24.0 Å². The Morgan fingerprint density at radius 3 is 2.63 bits per heavy atom. The number of aromatic nitrogens is 2. The molecule has 1 heterocycles. The second-order valence-electron chi connectivity index (χ2n) is 6.57. The molecule has 2 aromatic carbocycles. The molecule has 0 aliphatic rings. The van der Waals surface area contributed by atoms with Gasteiger partial charge in [0.2, 0.25) is 5.90 Å². The van der Waals surface area contributed by atoms with Crippen molar-refractivity contribution in [2.75, 3.05) is 7.05 Å². The molecule has 8 heteroatoms. The lowest BCUT2D eigenvalue weighted by atomic mass is 10.0. The summed E-state index contributed by atoms with van der Waals surface area (Å²) in [6, 6.07) is 15.0. The van der Waals surface area contributed by atoms with Crippen molar-refractivity contribution in [3.05, 3.63) is 81.1 Å². The van der Waals surface area contributed by atoms with Crippen LogP contribution in [0.3, 0.4) is 0 Å². The smallest absolute Gasteiger partial charge is 0.299 e. The summed E-state index contributed by atoms with van der Waals surface area (Å²) < 4.78 is 6.74. The van der Waals surface area contributed by atoms with E-state index in [1.165, 1.54) is 0 Å². The summed E-state index contributed by atoms with van der Waals surface area (Å²) in [6.45, 7) is 4.32. The van der Waals surface area contributed by atoms with E-state index in [2.05, 4.69) is 21.7 Å². The van der Waals surface area contributed by atoms with E-state index in [1.54, 1.807) is 19.2 Å². The highest BCUT2D eigenvalue weighted by Crippen LogP contribution is 2.24. The third kappa shape index (κ3) is 4.34. The normalized spacial score (nSPS) is 11.1. The zero-order valence-corrected chi connectivity index (χ0v) is 17.6. The highest BCUT2D eigenvalue weighted by atomic mass is 35.5. The summed E-state index contributed by atoms with van der Waals surface area (Å²) in [5, 5.41) is 18.1. The summed E-state index contributed by atoms with van der Waals surface area (Å²) >= 11 is 6.18. The molecule has 3 aromatic rings. The van der Waals surface area contributed by atoms with Crippen molar-refractivity contribution in [1.29, 1.82) is 5.26 Å². The predicted molar refractivity (Wildman–Crippen MR) is 115 cm³/mol. The first-order chi connectivity index (χ1) is 14.5. The lowest BCUT2D eigenvalue weighted by Crippen LogP contribution is -2.10. The molecule has 0 saturated heterocycles. The number of hydrazone groups is 1. The summed E-state index contributed by atoms with van der Waals surface area (Å²) in [5.74, 6) is 0.205. The van der Waals surface area contributed by atoms with Gasteiger partial charge in [-0.15, -0.1) is 5.10 Å². The molecule has 152 valence electrons. The number of nitrogens with zero attached hydrogens (tertiary/aromatic N) is 4. The van der Waals surface area contributed by atoms with Crippen LogP contribution in [-0.4, -0.2) is 29.2 Å². The fourth-order valence-corrected chi connectivity index (χ4v) is 3.40. The van der Waals surface area contributed by atoms with Gasteiger partial charge in [-0.05, 0) is 49.7 Å². The summed E-state index contributed by atoms with van der Waals surface area (Å²) in [5.41, 5.74) is 8.65. The van der Waals surface area contributed by atoms with Crippen molar-refractivity contribution in [2.24, 2.45) is 5.10 Å². The Kier molecular flexibility index (Phi) is 6.50. The molecule has 1 aromatic heterocycles. The van der Waals surface area contributed by atoms with Crippen LogP contribution in [0.5, 0.6) is 0 Å². The molecule has 7 nitrogen and oxygen atoms in total. The summed E-state index contributed by atoms with van der Waals surface area (Å²) in [7, 11) is 1.63. The molecule has 0 fully saturated rings. The Hall–Kier alpha value is -3.63. The van der Waals surface area contributed by atoms with Gasteiger partial charge in [0.15, 0.2) is 0 Å². The number of nitrogens with one attached hydrogen (secondary N) is 1. The molecule has 0 bridgehead atoms. The maximum absolute atomic E-state index is 10.7. The topological polar surface area (TPSA) is 92.3 Å². The van der Waals surface area contributed by atoms with E-state index in [0.717, 1.165) is 28.2 Å². The lowest BCUT2D eigenvalue weighted by Gasteiger charge is -2.08. The van der Waals surface area contributed by atoms with Crippen LogP contribution in [0.25, 0.3) is 5.69 Å². The van der Waals surface area contributed by atoms with Gasteiger partial charge in [-0.2, -0.15) is 10.4 Å². The number of hydrogen-bond acceptors (Lipinski definition) is 6. The van der Waals surface area contributed by atoms with Gasteiger partial charge in [-0.25, -0.2) is 4.68 Å². The number of nitriles is 1. The van der Waals surface area contributed by atoms with E-state index in [9.17, 15) is 4.79 Å². The maximum atomic E-state index is 10.7. The number of benzene rings is 2. The Labute approximate surface area is 179 Å². The van der Waals surface area contributed by atoms with Gasteiger partial charge < -0.3 is 10.2 Å². The molecule has 3 rings (SSSR count). The lowest BCUT2D eigenvalue weighted by molar-refractivity contribution is -0.121. The van der Waals surface area contributed by atoms with E-state index in [0.29, 0.717) is 29.0 Å². The van der Waals surface area contributed by atoms with E-state index in [4.69, 9.17) is 21.6 Å². The van der Waals surface area contributed by atoms with Crippen LogP contribution < -0.4 is 5.43 Å². The second kappa shape index (κ2) is 9.25. The SMILES string of the molecule is CN/N=C(\OC=O)c1ccc(Cc2c(C)nn(-c3ccc(C#N)c(Cl)c3)c2C)cc1. The van der Waals surface area contributed by atoms with Gasteiger partial charge in [0, 0.05) is 30.3 Å². The second-order valence-corrected chi connectivity index (χ2v) is 6.97. The van der Waals surface area contributed by atoms with E-state index in [1.807, 2.05) is 48.9 Å². The number of carbonyl (C=O) groups is 1. The third-order valence-electron chi connectivity index (χ3n) is 4.71. The highest BCUT2D eigenvalue weighted by molar-refractivity contribution is 6.31. The molecular weight excluding hydrogens is 402 g/mol. The van der Waals surface area contributed by atoms with Gasteiger partial charge in [0.1, 0.15) is 6.07 Å². The molecular formula is C22H20ClN5O2. The number of ether oxygens (including phenoxy) is 1. The molecule has 0 aliphatic heterocycles. The maximum Gasteiger partial charge on any atom is 0.299 e.